The topological polar surface area (TPSA) is 31.5 Å². The van der Waals surface area contributed by atoms with Crippen LogP contribution >= 0.6 is 0 Å². The first-order chi connectivity index (χ1) is 0. The van der Waals surface area contributed by atoms with Gasteiger partial charge in [-0.15, -0.1) is 0 Å². The molecule has 0 aliphatic carbocycles. The summed E-state index contributed by atoms with van der Waals surface area (Å²) >= 11 is 0. The first-order valence-corrected chi connectivity index (χ1v) is 0. The van der Waals surface area contributed by atoms with Crippen molar-refractivity contribution in [3.63, 3.8) is 0 Å². The molecule has 0 atom stereocenters. The van der Waals surface area contributed by atoms with Crippen molar-refractivity contribution in [2.24, 2.45) is 0 Å². The first-order valence-electron chi connectivity index (χ1n) is 0. The summed E-state index contributed by atoms with van der Waals surface area (Å²) in [7, 11) is 0. The van der Waals surface area contributed by atoms with E-state index in [0.717, 1.165) is 0 Å². The average molecular weight is 179 g/mol. The molecule has 0 unspecified atom stereocenters. The molecule has 0 fully saturated rings. The molecule has 29 valence electrons. The molecular weight excluding hydrogens is 173 g/mol. The Kier molecular flexibility index (Phi) is 389. The van der Waals surface area contributed by atoms with Gasteiger partial charge in [-0.1, -0.05) is 0 Å². The minimum atomic E-state index is 0. The molecule has 0 bridgehead atoms. The van der Waals surface area contributed by atoms with E-state index >= 15 is 0 Å². The second-order valence-corrected chi connectivity index (χ2v) is 0. The van der Waals surface area contributed by atoms with Crippen molar-refractivity contribution in [3.8, 4) is 0 Å². The van der Waals surface area contributed by atoms with E-state index in [0.29, 0.717) is 0 Å². The van der Waals surface area contributed by atoms with Crippen LogP contribution in [0, 0.1) is 0 Å². The summed E-state index contributed by atoms with van der Waals surface area (Å²) < 4.78 is 0. The van der Waals surface area contributed by atoms with E-state index in [4.69, 9.17) is 0 Å². The van der Waals surface area contributed by atoms with Gasteiger partial charge in [0.25, 0.3) is 0 Å². The Bertz CT molecular complexity index is 8.00. The molecule has 4 heteroatoms. The molecule has 2 N–H and O–H groups in total. The molecule has 1 nitrogen and oxygen atoms in total. The van der Waals surface area contributed by atoms with Crippen LogP contribution in [0.25, 0.3) is 0 Å². The standard InChI is InChI=1S/Cu.H2O.H4Si.Zn/h;1H2;1H4;. The number of hydrogen-bond acceptors (Lipinski definition) is 0. The molecule has 0 saturated heterocycles. The fourth-order valence-corrected chi connectivity index (χ4v) is 0. The van der Waals surface area contributed by atoms with E-state index in [-0.39, 0.29) is 53.0 Å². The van der Waals surface area contributed by atoms with Crippen LogP contribution in [0.15, 0.2) is 0 Å². The zero-order valence-corrected chi connectivity index (χ0v) is 5.42. The van der Waals surface area contributed by atoms with Gasteiger partial charge in [0, 0.05) is 36.5 Å². The molecule has 0 aromatic heterocycles. The fourth-order valence-electron chi connectivity index (χ4n) is 0. The van der Waals surface area contributed by atoms with Crippen LogP contribution in [0.4, 0.5) is 0 Å². The van der Waals surface area contributed by atoms with Crippen LogP contribution in [0.1, 0.15) is 0 Å². The van der Waals surface area contributed by atoms with Crippen molar-refractivity contribution >= 4 is 11.0 Å². The minimum absolute atomic E-state index is 0. The fraction of sp³-hybridized carbons (Fsp3) is 0. The average Bonchev–Trinajstić information content (AvgIpc) is 0. The molecule has 4 heavy (non-hydrogen) atoms. The van der Waals surface area contributed by atoms with Crippen molar-refractivity contribution in [1.82, 2.24) is 0 Å². The van der Waals surface area contributed by atoms with Gasteiger partial charge in [0.1, 0.15) is 0 Å². The van der Waals surface area contributed by atoms with E-state index < -0.39 is 0 Å². The summed E-state index contributed by atoms with van der Waals surface area (Å²) in [4.78, 5) is 0. The van der Waals surface area contributed by atoms with Crippen LogP contribution in [0.2, 0.25) is 0 Å². The first kappa shape index (κ1) is 57.0. The van der Waals surface area contributed by atoms with Crippen molar-refractivity contribution < 1.29 is 42.0 Å². The molecule has 0 rings (SSSR count). The summed E-state index contributed by atoms with van der Waals surface area (Å²) in [6.45, 7) is 0. The maximum Gasteiger partial charge on any atom is 0 e. The van der Waals surface area contributed by atoms with Crippen LogP contribution in [-0.4, -0.2) is 16.4 Å². The van der Waals surface area contributed by atoms with Crippen LogP contribution < -0.4 is 0 Å². The smallest absolute Gasteiger partial charge is 0 e. The molecule has 0 aromatic rings. The zero-order chi connectivity index (χ0) is 0. The van der Waals surface area contributed by atoms with Gasteiger partial charge in [-0.25, -0.2) is 0 Å². The van der Waals surface area contributed by atoms with E-state index in [1.165, 1.54) is 0 Å². The maximum absolute atomic E-state index is 0. The van der Waals surface area contributed by atoms with Crippen molar-refractivity contribution in [1.29, 1.82) is 0 Å². The molecule has 0 aliphatic heterocycles. The van der Waals surface area contributed by atoms with E-state index in [2.05, 4.69) is 0 Å². The predicted molar refractivity (Wildman–Crippen MR) is 14.9 cm³/mol. The molecule has 0 aromatic carbocycles. The molecule has 0 spiro atoms. The van der Waals surface area contributed by atoms with Gasteiger partial charge in [0.15, 0.2) is 0 Å². The summed E-state index contributed by atoms with van der Waals surface area (Å²) in [5.41, 5.74) is 0. The van der Waals surface area contributed by atoms with Gasteiger partial charge in [0.2, 0.25) is 0 Å². The SMILES string of the molecule is O.[Cu].[SiH4].[Zn]. The van der Waals surface area contributed by atoms with Crippen molar-refractivity contribution in [2.45, 2.75) is 0 Å². The summed E-state index contributed by atoms with van der Waals surface area (Å²) in [5.74, 6) is 0. The Morgan fingerprint density at radius 2 is 1.00 bits per heavy atom. The molecule has 1 radical (unpaired) electrons. The third-order valence-corrected chi connectivity index (χ3v) is 0. The normalized spacial score (nSPS) is 0. The van der Waals surface area contributed by atoms with Gasteiger partial charge in [-0.05, 0) is 11.0 Å². The van der Waals surface area contributed by atoms with E-state index in [9.17, 15) is 0 Å². The van der Waals surface area contributed by atoms with Gasteiger partial charge in [0.05, 0.1) is 0 Å². The predicted octanol–water partition coefficient (Wildman–Crippen LogP) is -2.28. The Morgan fingerprint density at radius 1 is 1.00 bits per heavy atom. The van der Waals surface area contributed by atoms with Crippen molar-refractivity contribution in [3.05, 3.63) is 0 Å². The van der Waals surface area contributed by atoms with Crippen molar-refractivity contribution in [2.75, 3.05) is 0 Å². The Hall–Kier alpha value is 1.32. The molecular formula is H6CuOSiZn. The zero-order valence-electron chi connectivity index (χ0n) is 1.51. The molecule has 0 amide bonds. The number of rotatable bonds is 0. The second-order valence-electron chi connectivity index (χ2n) is 0. The van der Waals surface area contributed by atoms with E-state index in [1.807, 2.05) is 0 Å². The van der Waals surface area contributed by atoms with Gasteiger partial charge in [-0.2, -0.15) is 0 Å². The van der Waals surface area contributed by atoms with Gasteiger partial charge >= 0.3 is 0 Å². The largest absolute Gasteiger partial charge is 0.412 e. The molecule has 0 heterocycles. The number of hydrogen-bond donors (Lipinski definition) is 0. The second kappa shape index (κ2) is 27.3. The maximum atomic E-state index is 0. The Morgan fingerprint density at radius 3 is 1.00 bits per heavy atom. The van der Waals surface area contributed by atoms with Gasteiger partial charge in [-0.3, -0.25) is 0 Å². The molecule has 0 saturated carbocycles. The third kappa shape index (κ3) is 10.3. The monoisotopic (exact) mass is 177 g/mol. The van der Waals surface area contributed by atoms with E-state index in [1.54, 1.807) is 0 Å². The van der Waals surface area contributed by atoms with Crippen LogP contribution in [-0.2, 0) is 36.5 Å². The quantitative estimate of drug-likeness (QED) is 0.375. The third-order valence-electron chi connectivity index (χ3n) is 0. The Balaban J connectivity index is 0. The summed E-state index contributed by atoms with van der Waals surface area (Å²) in [5, 5.41) is 0. The summed E-state index contributed by atoms with van der Waals surface area (Å²) in [6.07, 6.45) is 0. The van der Waals surface area contributed by atoms with Crippen LogP contribution in [0.3, 0.4) is 0 Å². The minimum Gasteiger partial charge on any atom is -0.412 e. The van der Waals surface area contributed by atoms with Crippen LogP contribution in [0.5, 0.6) is 0 Å². The summed E-state index contributed by atoms with van der Waals surface area (Å²) in [6, 6.07) is 0. The Labute approximate surface area is 53.1 Å². The molecule has 0 aliphatic rings. The van der Waals surface area contributed by atoms with Gasteiger partial charge < -0.3 is 5.48 Å².